The molecule has 4 nitrogen and oxygen atoms in total. The molecule has 0 spiro atoms. The molecule has 1 aromatic carbocycles. The van der Waals surface area contributed by atoms with Crippen molar-refractivity contribution >= 4 is 16.8 Å². The van der Waals surface area contributed by atoms with E-state index in [1.54, 1.807) is 0 Å². The molecule has 3 rings (SSSR count). The summed E-state index contributed by atoms with van der Waals surface area (Å²) in [5, 5.41) is 4.13. The number of benzene rings is 1. The van der Waals surface area contributed by atoms with Crippen molar-refractivity contribution in [1.82, 2.24) is 10.3 Å². The number of hydrogen-bond acceptors (Lipinski definition) is 2. The van der Waals surface area contributed by atoms with Crippen LogP contribution in [0.25, 0.3) is 10.9 Å². The molecule has 21 heavy (non-hydrogen) atoms. The molecule has 112 valence electrons. The summed E-state index contributed by atoms with van der Waals surface area (Å²) < 4.78 is 5.67. The van der Waals surface area contributed by atoms with Crippen LogP contribution in [-0.2, 0) is 16.0 Å². The predicted octanol–water partition coefficient (Wildman–Crippen LogP) is 2.79. The number of ether oxygens (including phenoxy) is 1. The molecule has 2 heterocycles. The van der Waals surface area contributed by atoms with Crippen LogP contribution in [-0.4, -0.2) is 30.1 Å². The standard InChI is InChI=1S/C17H22N2O2/c20-17(18-9-8-14-5-3-4-10-21-14)11-13-12-19-16-7-2-1-6-15(13)16/h1-2,6-7,12,14,19H,3-5,8-11H2,(H,18,20). The first-order valence-electron chi connectivity index (χ1n) is 7.76. The molecular formula is C17H22N2O2. The maximum absolute atomic E-state index is 12.0. The van der Waals surface area contributed by atoms with E-state index in [-0.39, 0.29) is 5.91 Å². The molecule has 1 amide bonds. The fraction of sp³-hybridized carbons (Fsp3) is 0.471. The number of hydrogen-bond donors (Lipinski definition) is 2. The highest BCUT2D eigenvalue weighted by Gasteiger charge is 2.14. The van der Waals surface area contributed by atoms with Gasteiger partial charge in [0.25, 0.3) is 0 Å². The fourth-order valence-corrected chi connectivity index (χ4v) is 2.92. The van der Waals surface area contributed by atoms with Gasteiger partial charge in [0.05, 0.1) is 12.5 Å². The first-order valence-corrected chi connectivity index (χ1v) is 7.76. The molecule has 0 aliphatic carbocycles. The van der Waals surface area contributed by atoms with E-state index in [1.807, 2.05) is 30.5 Å². The molecule has 1 fully saturated rings. The van der Waals surface area contributed by atoms with Crippen LogP contribution in [0.3, 0.4) is 0 Å². The van der Waals surface area contributed by atoms with Crippen LogP contribution in [0.1, 0.15) is 31.2 Å². The van der Waals surface area contributed by atoms with Crippen LogP contribution in [0.5, 0.6) is 0 Å². The van der Waals surface area contributed by atoms with Gasteiger partial charge >= 0.3 is 0 Å². The van der Waals surface area contributed by atoms with Crippen LogP contribution in [0, 0.1) is 0 Å². The van der Waals surface area contributed by atoms with E-state index in [4.69, 9.17) is 4.74 Å². The smallest absolute Gasteiger partial charge is 0.224 e. The molecule has 4 heteroatoms. The number of aromatic amines is 1. The van der Waals surface area contributed by atoms with E-state index in [2.05, 4.69) is 10.3 Å². The van der Waals surface area contributed by atoms with E-state index in [1.165, 1.54) is 12.8 Å². The number of nitrogens with one attached hydrogen (secondary N) is 2. The summed E-state index contributed by atoms with van der Waals surface area (Å²) in [7, 11) is 0. The lowest BCUT2D eigenvalue weighted by atomic mass is 10.1. The summed E-state index contributed by atoms with van der Waals surface area (Å²) >= 11 is 0. The Bertz CT molecular complexity index is 600. The molecule has 0 radical (unpaired) electrons. The van der Waals surface area contributed by atoms with Gasteiger partial charge in [0.15, 0.2) is 0 Å². The number of carbonyl (C=O) groups excluding carboxylic acids is 1. The fourth-order valence-electron chi connectivity index (χ4n) is 2.92. The highest BCUT2D eigenvalue weighted by atomic mass is 16.5. The zero-order valence-corrected chi connectivity index (χ0v) is 12.2. The maximum atomic E-state index is 12.0. The third-order valence-corrected chi connectivity index (χ3v) is 4.09. The van der Waals surface area contributed by atoms with Gasteiger partial charge < -0.3 is 15.0 Å². The first-order chi connectivity index (χ1) is 10.3. The number of H-pyrrole nitrogens is 1. The number of fused-ring (bicyclic) bond motifs is 1. The van der Waals surface area contributed by atoms with Crippen LogP contribution < -0.4 is 5.32 Å². The number of carbonyl (C=O) groups is 1. The topological polar surface area (TPSA) is 54.1 Å². The van der Waals surface area contributed by atoms with E-state index >= 15 is 0 Å². The van der Waals surface area contributed by atoms with Gasteiger partial charge in [0.2, 0.25) is 5.91 Å². The van der Waals surface area contributed by atoms with Gasteiger partial charge in [-0.25, -0.2) is 0 Å². The van der Waals surface area contributed by atoms with Crippen molar-refractivity contribution in [2.45, 2.75) is 38.2 Å². The SMILES string of the molecule is O=C(Cc1c[nH]c2ccccc12)NCCC1CCCCO1. The third-order valence-electron chi connectivity index (χ3n) is 4.09. The molecule has 0 bridgehead atoms. The van der Waals surface area contributed by atoms with Crippen molar-refractivity contribution in [2.24, 2.45) is 0 Å². The number of rotatable bonds is 5. The van der Waals surface area contributed by atoms with Gasteiger partial charge in [0, 0.05) is 30.3 Å². The van der Waals surface area contributed by atoms with Crippen molar-refractivity contribution in [3.63, 3.8) is 0 Å². The summed E-state index contributed by atoms with van der Waals surface area (Å²) in [6.45, 7) is 1.57. The van der Waals surface area contributed by atoms with Gasteiger partial charge in [0.1, 0.15) is 0 Å². The lowest BCUT2D eigenvalue weighted by molar-refractivity contribution is -0.120. The zero-order valence-electron chi connectivity index (χ0n) is 12.2. The summed E-state index contributed by atoms with van der Waals surface area (Å²) in [4.78, 5) is 15.2. The second-order valence-electron chi connectivity index (χ2n) is 5.66. The highest BCUT2D eigenvalue weighted by molar-refractivity contribution is 5.88. The van der Waals surface area contributed by atoms with Gasteiger partial charge in [-0.3, -0.25) is 4.79 Å². The summed E-state index contributed by atoms with van der Waals surface area (Å²) in [6, 6.07) is 8.06. The zero-order chi connectivity index (χ0) is 14.5. The molecule has 1 atom stereocenters. The second kappa shape index (κ2) is 6.76. The molecule has 1 aliphatic heterocycles. The Hall–Kier alpha value is -1.81. The lowest BCUT2D eigenvalue weighted by Gasteiger charge is -2.22. The molecule has 1 aliphatic rings. The van der Waals surface area contributed by atoms with Gasteiger partial charge in [-0.1, -0.05) is 18.2 Å². The highest BCUT2D eigenvalue weighted by Crippen LogP contribution is 2.18. The predicted molar refractivity (Wildman–Crippen MR) is 83.2 cm³/mol. The minimum Gasteiger partial charge on any atom is -0.378 e. The minimum absolute atomic E-state index is 0.0792. The average Bonchev–Trinajstić information content (AvgIpc) is 2.92. The Kier molecular flexibility index (Phi) is 4.55. The van der Waals surface area contributed by atoms with Crippen molar-refractivity contribution in [3.8, 4) is 0 Å². The average molecular weight is 286 g/mol. The number of amides is 1. The van der Waals surface area contributed by atoms with Crippen LogP contribution in [0.15, 0.2) is 30.5 Å². The van der Waals surface area contributed by atoms with Crippen LogP contribution >= 0.6 is 0 Å². The van der Waals surface area contributed by atoms with E-state index in [9.17, 15) is 4.79 Å². The molecule has 2 aromatic rings. The van der Waals surface area contributed by atoms with Crippen molar-refractivity contribution in [2.75, 3.05) is 13.2 Å². The quantitative estimate of drug-likeness (QED) is 0.888. The summed E-state index contributed by atoms with van der Waals surface area (Å²) in [5.41, 5.74) is 2.13. The van der Waals surface area contributed by atoms with Gasteiger partial charge in [-0.2, -0.15) is 0 Å². The Labute approximate surface area is 124 Å². The van der Waals surface area contributed by atoms with E-state index in [0.29, 0.717) is 19.1 Å². The van der Waals surface area contributed by atoms with Crippen molar-refractivity contribution in [3.05, 3.63) is 36.0 Å². The van der Waals surface area contributed by atoms with Crippen molar-refractivity contribution in [1.29, 1.82) is 0 Å². The Morgan fingerprint density at radius 1 is 1.33 bits per heavy atom. The molecule has 1 aromatic heterocycles. The number of aromatic nitrogens is 1. The van der Waals surface area contributed by atoms with Crippen LogP contribution in [0.4, 0.5) is 0 Å². The number of para-hydroxylation sites is 1. The molecule has 0 saturated carbocycles. The molecular weight excluding hydrogens is 264 g/mol. The Morgan fingerprint density at radius 2 is 2.24 bits per heavy atom. The molecule has 1 saturated heterocycles. The van der Waals surface area contributed by atoms with Gasteiger partial charge in [-0.05, 0) is 37.3 Å². The minimum atomic E-state index is 0.0792. The monoisotopic (exact) mass is 286 g/mol. The second-order valence-corrected chi connectivity index (χ2v) is 5.66. The Balaban J connectivity index is 1.47. The molecule has 2 N–H and O–H groups in total. The van der Waals surface area contributed by atoms with Gasteiger partial charge in [-0.15, -0.1) is 0 Å². The molecule has 1 unspecified atom stereocenters. The Morgan fingerprint density at radius 3 is 3.10 bits per heavy atom. The largest absolute Gasteiger partial charge is 0.378 e. The summed E-state index contributed by atoms with van der Waals surface area (Å²) in [6.07, 6.45) is 7.13. The first kappa shape index (κ1) is 14.1. The van der Waals surface area contributed by atoms with E-state index < -0.39 is 0 Å². The van der Waals surface area contributed by atoms with E-state index in [0.717, 1.165) is 35.9 Å². The normalized spacial score (nSPS) is 18.8. The summed E-state index contributed by atoms with van der Waals surface area (Å²) in [5.74, 6) is 0.0792. The van der Waals surface area contributed by atoms with Crippen LogP contribution in [0.2, 0.25) is 0 Å². The van der Waals surface area contributed by atoms with Crippen molar-refractivity contribution < 1.29 is 9.53 Å². The third kappa shape index (κ3) is 3.64. The lowest BCUT2D eigenvalue weighted by Crippen LogP contribution is -2.30. The maximum Gasteiger partial charge on any atom is 0.224 e.